The summed E-state index contributed by atoms with van der Waals surface area (Å²) in [4.78, 5) is 25.6. The molecule has 148 valence electrons. The summed E-state index contributed by atoms with van der Waals surface area (Å²) in [6, 6.07) is 7.79. The lowest BCUT2D eigenvalue weighted by atomic mass is 9.90. The Hall–Kier alpha value is -3.13. The zero-order valence-electron chi connectivity index (χ0n) is 16.3. The third-order valence-electron chi connectivity index (χ3n) is 4.87. The minimum atomic E-state index is -0.829. The van der Waals surface area contributed by atoms with Gasteiger partial charge in [-0.05, 0) is 32.9 Å². The normalized spacial score (nSPS) is 15.0. The molecule has 0 unspecified atom stereocenters. The first-order valence-corrected chi connectivity index (χ1v) is 8.91. The second kappa shape index (κ2) is 7.12. The maximum Gasteiger partial charge on any atom is 0.273 e. The van der Waals surface area contributed by atoms with E-state index in [9.17, 15) is 20.0 Å². The van der Waals surface area contributed by atoms with Crippen LogP contribution in [0, 0.1) is 17.0 Å². The number of hydrogen-bond acceptors (Lipinski definition) is 6. The van der Waals surface area contributed by atoms with Gasteiger partial charge in [-0.1, -0.05) is 6.07 Å². The van der Waals surface area contributed by atoms with Crippen molar-refractivity contribution >= 4 is 11.4 Å². The van der Waals surface area contributed by atoms with Crippen LogP contribution in [0.25, 0.3) is 5.70 Å². The number of aromatic nitrogens is 1. The standard InChI is InChI=1S/C20H23N3O5/c1-13-14(23(26)27)8-9-15-17(13)18(22-10-6-5-7-16(22)25)19(20(2,3)28-15)21(4)11-12-24/h5-10,24H,11-12H2,1-4H3. The maximum atomic E-state index is 12.7. The molecule has 1 N–H and O–H groups in total. The monoisotopic (exact) mass is 385 g/mol. The van der Waals surface area contributed by atoms with Crippen LogP contribution in [0.1, 0.15) is 25.0 Å². The topological polar surface area (TPSA) is 97.8 Å². The highest BCUT2D eigenvalue weighted by molar-refractivity contribution is 5.80. The Morgan fingerprint density at radius 2 is 2.00 bits per heavy atom. The summed E-state index contributed by atoms with van der Waals surface area (Å²) in [6.07, 6.45) is 1.63. The molecule has 1 aliphatic rings. The Morgan fingerprint density at radius 1 is 1.29 bits per heavy atom. The highest BCUT2D eigenvalue weighted by Gasteiger charge is 2.40. The van der Waals surface area contributed by atoms with Gasteiger partial charge in [0.2, 0.25) is 0 Å². The number of fused-ring (bicyclic) bond motifs is 1. The molecule has 0 aliphatic carbocycles. The highest BCUT2D eigenvalue weighted by Crippen LogP contribution is 2.45. The van der Waals surface area contributed by atoms with E-state index in [2.05, 4.69) is 0 Å². The molecule has 0 saturated heterocycles. The molecule has 1 aliphatic heterocycles. The molecule has 2 aromatic rings. The number of ether oxygens (including phenoxy) is 1. The van der Waals surface area contributed by atoms with Crippen molar-refractivity contribution in [3.05, 3.63) is 73.8 Å². The van der Waals surface area contributed by atoms with E-state index in [1.54, 1.807) is 38.4 Å². The summed E-state index contributed by atoms with van der Waals surface area (Å²) in [6.45, 7) is 5.61. The van der Waals surface area contributed by atoms with Crippen LogP contribution in [0.5, 0.6) is 5.75 Å². The second-order valence-electron chi connectivity index (χ2n) is 7.20. The van der Waals surface area contributed by atoms with E-state index in [0.29, 0.717) is 34.8 Å². The number of nitrogens with zero attached hydrogens (tertiary/aromatic N) is 3. The Kier molecular flexibility index (Phi) is 4.99. The molecule has 0 saturated carbocycles. The number of nitro groups is 1. The number of aliphatic hydroxyl groups excluding tert-OH is 1. The molecular formula is C20H23N3O5. The van der Waals surface area contributed by atoms with E-state index in [1.807, 2.05) is 18.7 Å². The Bertz CT molecular complexity index is 1020. The average Bonchev–Trinajstić information content (AvgIpc) is 2.60. The first-order valence-electron chi connectivity index (χ1n) is 8.91. The number of hydrogen-bond donors (Lipinski definition) is 1. The maximum absolute atomic E-state index is 12.7. The van der Waals surface area contributed by atoms with Crippen molar-refractivity contribution in [1.29, 1.82) is 0 Å². The molecule has 2 heterocycles. The van der Waals surface area contributed by atoms with Crippen molar-refractivity contribution in [3.8, 4) is 5.75 Å². The van der Waals surface area contributed by atoms with Crippen molar-refractivity contribution in [2.24, 2.45) is 0 Å². The fraction of sp³-hybridized carbons (Fsp3) is 0.350. The molecule has 1 aromatic carbocycles. The predicted molar refractivity (Wildman–Crippen MR) is 105 cm³/mol. The molecule has 3 rings (SSSR count). The Balaban J connectivity index is 2.47. The van der Waals surface area contributed by atoms with Gasteiger partial charge >= 0.3 is 0 Å². The van der Waals surface area contributed by atoms with Crippen LogP contribution >= 0.6 is 0 Å². The number of nitro benzene ring substituents is 1. The average molecular weight is 385 g/mol. The van der Waals surface area contributed by atoms with Crippen LogP contribution in [0.2, 0.25) is 0 Å². The molecule has 0 amide bonds. The third-order valence-corrected chi connectivity index (χ3v) is 4.87. The van der Waals surface area contributed by atoms with E-state index in [4.69, 9.17) is 4.74 Å². The van der Waals surface area contributed by atoms with Crippen molar-refractivity contribution in [1.82, 2.24) is 9.47 Å². The number of rotatable bonds is 5. The van der Waals surface area contributed by atoms with E-state index >= 15 is 0 Å². The summed E-state index contributed by atoms with van der Waals surface area (Å²) in [7, 11) is 1.79. The largest absolute Gasteiger partial charge is 0.481 e. The van der Waals surface area contributed by atoms with E-state index < -0.39 is 10.5 Å². The van der Waals surface area contributed by atoms with Gasteiger partial charge in [-0.3, -0.25) is 19.5 Å². The molecular weight excluding hydrogens is 362 g/mol. The third kappa shape index (κ3) is 3.16. The molecule has 0 spiro atoms. The number of benzene rings is 1. The lowest BCUT2D eigenvalue weighted by Crippen LogP contribution is -2.44. The van der Waals surface area contributed by atoms with E-state index in [-0.39, 0.29) is 17.9 Å². The zero-order valence-corrected chi connectivity index (χ0v) is 16.3. The molecule has 8 heteroatoms. The first kappa shape index (κ1) is 19.6. The van der Waals surface area contributed by atoms with Gasteiger partial charge in [-0.25, -0.2) is 0 Å². The lowest BCUT2D eigenvalue weighted by molar-refractivity contribution is -0.385. The van der Waals surface area contributed by atoms with Crippen LogP contribution in [0.15, 0.2) is 47.0 Å². The van der Waals surface area contributed by atoms with Crippen LogP contribution in [-0.2, 0) is 0 Å². The minimum absolute atomic E-state index is 0.0484. The summed E-state index contributed by atoms with van der Waals surface area (Å²) < 4.78 is 7.66. The van der Waals surface area contributed by atoms with Crippen molar-refractivity contribution in [3.63, 3.8) is 0 Å². The molecule has 1 aromatic heterocycles. The van der Waals surface area contributed by atoms with Crippen molar-refractivity contribution in [2.75, 3.05) is 20.2 Å². The molecule has 0 fully saturated rings. The van der Waals surface area contributed by atoms with Gasteiger partial charge in [0, 0.05) is 37.5 Å². The summed E-state index contributed by atoms with van der Waals surface area (Å²) in [5.74, 6) is 0.472. The zero-order chi connectivity index (χ0) is 20.6. The first-order chi connectivity index (χ1) is 13.2. The number of aliphatic hydroxyl groups is 1. The molecule has 28 heavy (non-hydrogen) atoms. The Morgan fingerprint density at radius 3 is 2.61 bits per heavy atom. The fourth-order valence-corrected chi connectivity index (χ4v) is 3.73. The predicted octanol–water partition coefficient (Wildman–Crippen LogP) is 2.38. The van der Waals surface area contributed by atoms with Crippen LogP contribution in [-0.4, -0.2) is 45.3 Å². The van der Waals surface area contributed by atoms with Gasteiger partial charge in [0.05, 0.1) is 28.5 Å². The number of pyridine rings is 1. The van der Waals surface area contributed by atoms with Gasteiger partial charge in [0.25, 0.3) is 11.2 Å². The fourth-order valence-electron chi connectivity index (χ4n) is 3.73. The van der Waals surface area contributed by atoms with Gasteiger partial charge in [0.1, 0.15) is 11.4 Å². The quantitative estimate of drug-likeness (QED) is 0.627. The Labute approximate surface area is 162 Å². The SMILES string of the molecule is Cc1c([N+](=O)[O-])ccc2c1C(n1ccccc1=O)=C(N(C)CCO)C(C)(C)O2. The van der Waals surface area contributed by atoms with Crippen LogP contribution in [0.4, 0.5) is 5.69 Å². The molecule has 0 radical (unpaired) electrons. The molecule has 8 nitrogen and oxygen atoms in total. The van der Waals surface area contributed by atoms with Gasteiger partial charge in [0.15, 0.2) is 0 Å². The smallest absolute Gasteiger partial charge is 0.273 e. The lowest BCUT2D eigenvalue weighted by Gasteiger charge is -2.41. The minimum Gasteiger partial charge on any atom is -0.481 e. The van der Waals surface area contributed by atoms with Gasteiger partial charge in [-0.2, -0.15) is 0 Å². The van der Waals surface area contributed by atoms with Crippen LogP contribution in [0.3, 0.4) is 0 Å². The number of likely N-dealkylation sites (N-methyl/N-ethyl adjacent to an activating group) is 1. The second-order valence-corrected chi connectivity index (χ2v) is 7.20. The van der Waals surface area contributed by atoms with E-state index in [0.717, 1.165) is 0 Å². The van der Waals surface area contributed by atoms with Crippen molar-refractivity contribution in [2.45, 2.75) is 26.4 Å². The highest BCUT2D eigenvalue weighted by atomic mass is 16.6. The van der Waals surface area contributed by atoms with Gasteiger partial charge in [-0.15, -0.1) is 0 Å². The summed E-state index contributed by atoms with van der Waals surface area (Å²) >= 11 is 0. The summed E-state index contributed by atoms with van der Waals surface area (Å²) in [5, 5.41) is 21.0. The molecule has 0 bridgehead atoms. The van der Waals surface area contributed by atoms with E-state index in [1.165, 1.54) is 16.7 Å². The van der Waals surface area contributed by atoms with Crippen molar-refractivity contribution < 1.29 is 14.8 Å². The molecule has 0 atom stereocenters. The van der Waals surface area contributed by atoms with Crippen LogP contribution < -0.4 is 10.3 Å². The summed E-state index contributed by atoms with van der Waals surface area (Å²) in [5.41, 5.74) is 0.958. The van der Waals surface area contributed by atoms with Gasteiger partial charge < -0.3 is 14.7 Å².